The Morgan fingerprint density at radius 3 is 2.53 bits per heavy atom. The van der Waals surface area contributed by atoms with Crippen LogP contribution < -0.4 is 5.32 Å². The Hall–Kier alpha value is -0.860. The number of hydrogen-bond acceptors (Lipinski definition) is 2. The van der Waals surface area contributed by atoms with Gasteiger partial charge in [-0.3, -0.25) is 0 Å². The maximum Gasteiger partial charge on any atom is 0.0621 e. The highest BCUT2D eigenvalue weighted by atomic mass is 16.3. The lowest BCUT2D eigenvalue weighted by molar-refractivity contribution is -0.0793. The van der Waals surface area contributed by atoms with Crippen molar-refractivity contribution in [3.05, 3.63) is 35.4 Å². The fourth-order valence-electron chi connectivity index (χ4n) is 3.42. The lowest BCUT2D eigenvalue weighted by atomic mass is 9.63. The van der Waals surface area contributed by atoms with E-state index < -0.39 is 0 Å². The SMILES string of the molecule is Cc1cccc(C2CC(NC3CC(O)C3(C)C)C2)c1. The van der Waals surface area contributed by atoms with Gasteiger partial charge >= 0.3 is 0 Å². The summed E-state index contributed by atoms with van der Waals surface area (Å²) in [6.45, 7) is 6.49. The number of aliphatic hydroxyl groups excluding tert-OH is 1. The molecule has 0 amide bonds. The van der Waals surface area contributed by atoms with Gasteiger partial charge in [0.2, 0.25) is 0 Å². The van der Waals surface area contributed by atoms with Crippen LogP contribution in [0, 0.1) is 12.3 Å². The molecule has 2 heteroatoms. The van der Waals surface area contributed by atoms with Crippen molar-refractivity contribution in [1.29, 1.82) is 0 Å². The van der Waals surface area contributed by atoms with Crippen molar-refractivity contribution in [2.45, 2.75) is 64.1 Å². The molecule has 2 aliphatic carbocycles. The molecule has 0 spiro atoms. The largest absolute Gasteiger partial charge is 0.392 e. The van der Waals surface area contributed by atoms with Crippen LogP contribution in [0.15, 0.2) is 24.3 Å². The molecule has 0 aromatic heterocycles. The van der Waals surface area contributed by atoms with Gasteiger partial charge in [0, 0.05) is 17.5 Å². The standard InChI is InChI=1S/C17H25NO/c1-11-5-4-6-12(7-11)13-8-14(9-13)18-15-10-16(19)17(15,2)3/h4-7,13-16,18-19H,8-10H2,1-3H3. The van der Waals surface area contributed by atoms with Gasteiger partial charge in [0.1, 0.15) is 0 Å². The Labute approximate surface area is 116 Å². The molecule has 0 aliphatic heterocycles. The van der Waals surface area contributed by atoms with E-state index in [0.29, 0.717) is 12.1 Å². The third kappa shape index (κ3) is 2.32. The second kappa shape index (κ2) is 4.60. The number of nitrogens with one attached hydrogen (secondary N) is 1. The van der Waals surface area contributed by atoms with E-state index in [0.717, 1.165) is 12.3 Å². The molecule has 2 atom stereocenters. The summed E-state index contributed by atoms with van der Waals surface area (Å²) in [7, 11) is 0. The molecule has 2 aliphatic rings. The molecule has 0 heterocycles. The van der Waals surface area contributed by atoms with E-state index in [1.54, 1.807) is 0 Å². The predicted octanol–water partition coefficient (Wildman–Crippen LogP) is 2.99. The quantitative estimate of drug-likeness (QED) is 0.874. The second-order valence-corrected chi connectivity index (χ2v) is 7.07. The summed E-state index contributed by atoms with van der Waals surface area (Å²) in [6, 6.07) is 10.0. The summed E-state index contributed by atoms with van der Waals surface area (Å²) >= 11 is 0. The topological polar surface area (TPSA) is 32.3 Å². The minimum Gasteiger partial charge on any atom is -0.392 e. The van der Waals surface area contributed by atoms with Crippen LogP contribution in [0.3, 0.4) is 0 Å². The van der Waals surface area contributed by atoms with Crippen LogP contribution in [0.1, 0.15) is 50.2 Å². The molecule has 0 bridgehead atoms. The average Bonchev–Trinajstić information content (AvgIpc) is 2.31. The number of aryl methyl sites for hydroxylation is 1. The van der Waals surface area contributed by atoms with Gasteiger partial charge in [-0.2, -0.15) is 0 Å². The lowest BCUT2D eigenvalue weighted by Crippen LogP contribution is -2.63. The Balaban J connectivity index is 1.51. The van der Waals surface area contributed by atoms with Crippen LogP contribution in [0.25, 0.3) is 0 Å². The van der Waals surface area contributed by atoms with E-state index in [2.05, 4.69) is 50.4 Å². The Morgan fingerprint density at radius 1 is 1.21 bits per heavy atom. The summed E-state index contributed by atoms with van der Waals surface area (Å²) in [6.07, 6.45) is 3.27. The summed E-state index contributed by atoms with van der Waals surface area (Å²) in [5, 5.41) is 13.5. The third-order valence-corrected chi connectivity index (χ3v) is 5.30. The van der Waals surface area contributed by atoms with Gasteiger partial charge in [-0.25, -0.2) is 0 Å². The normalized spacial score (nSPS) is 36.4. The highest BCUT2D eigenvalue weighted by Gasteiger charge is 2.48. The minimum atomic E-state index is -0.127. The first-order chi connectivity index (χ1) is 8.96. The van der Waals surface area contributed by atoms with Gasteiger partial charge < -0.3 is 10.4 Å². The zero-order valence-electron chi connectivity index (χ0n) is 12.2. The van der Waals surface area contributed by atoms with Crippen molar-refractivity contribution in [3.63, 3.8) is 0 Å². The number of rotatable bonds is 3. The van der Waals surface area contributed by atoms with Crippen molar-refractivity contribution < 1.29 is 5.11 Å². The molecule has 0 radical (unpaired) electrons. The maximum absolute atomic E-state index is 9.77. The van der Waals surface area contributed by atoms with E-state index in [-0.39, 0.29) is 11.5 Å². The summed E-state index contributed by atoms with van der Waals surface area (Å²) in [4.78, 5) is 0. The molecule has 19 heavy (non-hydrogen) atoms. The fourth-order valence-corrected chi connectivity index (χ4v) is 3.42. The van der Waals surface area contributed by atoms with Crippen molar-refractivity contribution in [2.24, 2.45) is 5.41 Å². The number of hydrogen-bond donors (Lipinski definition) is 2. The number of aliphatic hydroxyl groups is 1. The molecule has 0 saturated heterocycles. The minimum absolute atomic E-state index is 0.0500. The van der Waals surface area contributed by atoms with E-state index in [4.69, 9.17) is 0 Å². The molecular weight excluding hydrogens is 234 g/mol. The molecule has 2 unspecified atom stereocenters. The first-order valence-corrected chi connectivity index (χ1v) is 7.47. The van der Waals surface area contributed by atoms with Crippen LogP contribution in [-0.2, 0) is 0 Å². The van der Waals surface area contributed by atoms with Crippen LogP contribution in [0.4, 0.5) is 0 Å². The number of benzene rings is 1. The van der Waals surface area contributed by atoms with Crippen molar-refractivity contribution in [1.82, 2.24) is 5.32 Å². The first kappa shape index (κ1) is 13.1. The molecular formula is C17H25NO. The van der Waals surface area contributed by atoms with Crippen LogP contribution in [0.2, 0.25) is 0 Å². The molecule has 104 valence electrons. The fraction of sp³-hybridized carbons (Fsp3) is 0.647. The molecule has 2 saturated carbocycles. The van der Waals surface area contributed by atoms with Crippen LogP contribution >= 0.6 is 0 Å². The molecule has 1 aromatic carbocycles. The van der Waals surface area contributed by atoms with Crippen molar-refractivity contribution >= 4 is 0 Å². The first-order valence-electron chi connectivity index (χ1n) is 7.47. The monoisotopic (exact) mass is 259 g/mol. The Kier molecular flexibility index (Phi) is 3.18. The van der Waals surface area contributed by atoms with Crippen LogP contribution in [-0.4, -0.2) is 23.3 Å². The van der Waals surface area contributed by atoms with E-state index in [9.17, 15) is 5.11 Å². The Bertz CT molecular complexity index is 462. The van der Waals surface area contributed by atoms with Gasteiger partial charge in [-0.1, -0.05) is 43.7 Å². The van der Waals surface area contributed by atoms with E-state index in [1.165, 1.54) is 24.0 Å². The second-order valence-electron chi connectivity index (χ2n) is 7.07. The lowest BCUT2D eigenvalue weighted by Gasteiger charge is -2.53. The zero-order valence-corrected chi connectivity index (χ0v) is 12.2. The van der Waals surface area contributed by atoms with E-state index in [1.807, 2.05) is 0 Å². The summed E-state index contributed by atoms with van der Waals surface area (Å²) in [5.74, 6) is 0.727. The molecule has 2 N–H and O–H groups in total. The zero-order chi connectivity index (χ0) is 13.6. The van der Waals surface area contributed by atoms with Gasteiger partial charge in [0.05, 0.1) is 6.10 Å². The van der Waals surface area contributed by atoms with Gasteiger partial charge in [-0.05, 0) is 37.7 Å². The average molecular weight is 259 g/mol. The van der Waals surface area contributed by atoms with Gasteiger partial charge in [0.15, 0.2) is 0 Å². The summed E-state index contributed by atoms with van der Waals surface area (Å²) in [5.41, 5.74) is 2.90. The van der Waals surface area contributed by atoms with Gasteiger partial charge in [-0.15, -0.1) is 0 Å². The van der Waals surface area contributed by atoms with Crippen molar-refractivity contribution in [2.75, 3.05) is 0 Å². The Morgan fingerprint density at radius 2 is 1.95 bits per heavy atom. The highest BCUT2D eigenvalue weighted by Crippen LogP contribution is 2.43. The van der Waals surface area contributed by atoms with Crippen LogP contribution in [0.5, 0.6) is 0 Å². The predicted molar refractivity (Wildman–Crippen MR) is 78.3 cm³/mol. The third-order valence-electron chi connectivity index (χ3n) is 5.30. The van der Waals surface area contributed by atoms with Gasteiger partial charge in [0.25, 0.3) is 0 Å². The smallest absolute Gasteiger partial charge is 0.0621 e. The molecule has 3 rings (SSSR count). The van der Waals surface area contributed by atoms with E-state index >= 15 is 0 Å². The highest BCUT2D eigenvalue weighted by molar-refractivity contribution is 5.27. The molecule has 2 fully saturated rings. The van der Waals surface area contributed by atoms with Crippen molar-refractivity contribution in [3.8, 4) is 0 Å². The molecule has 1 aromatic rings. The maximum atomic E-state index is 9.77. The molecule has 2 nitrogen and oxygen atoms in total. The summed E-state index contributed by atoms with van der Waals surface area (Å²) < 4.78 is 0.